The van der Waals surface area contributed by atoms with E-state index in [0.717, 1.165) is 7.11 Å². The quantitative estimate of drug-likeness (QED) is 0.477. The van der Waals surface area contributed by atoms with Gasteiger partial charge in [0.1, 0.15) is 6.61 Å². The number of aliphatic carboxylic acids is 1. The van der Waals surface area contributed by atoms with E-state index in [9.17, 15) is 27.2 Å². The Hall–Kier alpha value is -2.16. The second-order valence-electron chi connectivity index (χ2n) is 6.37. The fourth-order valence-corrected chi connectivity index (χ4v) is 2.89. The van der Waals surface area contributed by atoms with Crippen LogP contribution in [0, 0.1) is 40.5 Å². The lowest BCUT2D eigenvalue weighted by molar-refractivity contribution is -0.150. The van der Waals surface area contributed by atoms with Gasteiger partial charge < -0.3 is 14.6 Å². The lowest BCUT2D eigenvalue weighted by atomic mass is 10.1. The molecule has 9 heteroatoms. The number of carbonyl (C=O) groups excluding carboxylic acids is 1. The molecule has 2 unspecified atom stereocenters. The molecule has 0 bridgehead atoms. The van der Waals surface area contributed by atoms with E-state index in [0.29, 0.717) is 0 Å². The van der Waals surface area contributed by atoms with Crippen molar-refractivity contribution in [1.82, 2.24) is 0 Å². The van der Waals surface area contributed by atoms with E-state index in [1.807, 2.05) is 0 Å². The molecule has 25 heavy (non-hydrogen) atoms. The Kier molecular flexibility index (Phi) is 5.08. The van der Waals surface area contributed by atoms with E-state index in [1.54, 1.807) is 0 Å². The number of hydrogen-bond acceptors (Lipinski definition) is 4. The summed E-state index contributed by atoms with van der Waals surface area (Å²) in [6, 6.07) is 0. The minimum Gasteiger partial charge on any atom is -0.481 e. The van der Waals surface area contributed by atoms with E-state index in [1.165, 1.54) is 13.8 Å². The molecule has 1 aliphatic carbocycles. The number of ether oxygens (including phenoxy) is 2. The van der Waals surface area contributed by atoms with Crippen LogP contribution >= 0.6 is 0 Å². The normalized spacial score (nSPS) is 21.1. The first-order valence-electron chi connectivity index (χ1n) is 7.27. The lowest BCUT2D eigenvalue weighted by Crippen LogP contribution is -2.15. The zero-order chi connectivity index (χ0) is 19.1. The molecule has 2 rings (SSSR count). The monoisotopic (exact) mass is 364 g/mol. The molecule has 0 heterocycles. The third-order valence-corrected chi connectivity index (χ3v) is 4.44. The Labute approximate surface area is 140 Å². The maximum atomic E-state index is 13.9. The first kappa shape index (κ1) is 19.2. The van der Waals surface area contributed by atoms with Crippen molar-refractivity contribution in [2.75, 3.05) is 7.11 Å². The smallest absolute Gasteiger partial charge is 0.310 e. The predicted molar refractivity (Wildman–Crippen MR) is 75.2 cm³/mol. The third kappa shape index (κ3) is 3.20. The summed E-state index contributed by atoms with van der Waals surface area (Å²) in [6.07, 6.45) is 0. The van der Waals surface area contributed by atoms with Crippen LogP contribution in [0.4, 0.5) is 17.6 Å². The molecule has 1 fully saturated rings. The largest absolute Gasteiger partial charge is 0.481 e. The minimum atomic E-state index is -1.69. The molecule has 1 N–H and O–H groups in total. The molecule has 2 atom stereocenters. The van der Waals surface area contributed by atoms with Crippen molar-refractivity contribution in [3.8, 4) is 0 Å². The van der Waals surface area contributed by atoms with Gasteiger partial charge in [-0.3, -0.25) is 9.59 Å². The van der Waals surface area contributed by atoms with E-state index >= 15 is 0 Å². The summed E-state index contributed by atoms with van der Waals surface area (Å²) >= 11 is 0. The molecular weight excluding hydrogens is 348 g/mol. The highest BCUT2D eigenvalue weighted by Crippen LogP contribution is 2.58. The molecule has 0 radical (unpaired) electrons. The Morgan fingerprint density at radius 1 is 0.960 bits per heavy atom. The van der Waals surface area contributed by atoms with Gasteiger partial charge in [-0.25, -0.2) is 17.6 Å². The number of hydrogen-bond donors (Lipinski definition) is 1. The van der Waals surface area contributed by atoms with Crippen LogP contribution in [0.2, 0.25) is 0 Å². The van der Waals surface area contributed by atoms with Crippen LogP contribution in [0.3, 0.4) is 0 Å². The molecule has 5 nitrogen and oxygen atoms in total. The predicted octanol–water partition coefficient (Wildman–Crippen LogP) is 2.79. The average molecular weight is 364 g/mol. The number of esters is 1. The fraction of sp³-hybridized carbons (Fsp3) is 0.500. The highest BCUT2D eigenvalue weighted by molar-refractivity contribution is 5.88. The highest BCUT2D eigenvalue weighted by atomic mass is 19.2. The summed E-state index contributed by atoms with van der Waals surface area (Å²) < 4.78 is 64.6. The number of methoxy groups -OCH3 is 1. The Bertz CT molecular complexity index is 703. The molecule has 0 amide bonds. The first-order valence-corrected chi connectivity index (χ1v) is 7.27. The fourth-order valence-electron chi connectivity index (χ4n) is 2.89. The van der Waals surface area contributed by atoms with Gasteiger partial charge in [0.15, 0.2) is 23.3 Å². The molecule has 1 saturated carbocycles. The first-order chi connectivity index (χ1) is 11.6. The van der Waals surface area contributed by atoms with Crippen LogP contribution in [-0.2, 0) is 32.3 Å². The van der Waals surface area contributed by atoms with Gasteiger partial charge in [-0.1, -0.05) is 13.8 Å². The van der Waals surface area contributed by atoms with Crippen LogP contribution in [0.1, 0.15) is 25.0 Å². The Morgan fingerprint density at radius 3 is 1.76 bits per heavy atom. The Morgan fingerprint density at radius 2 is 1.40 bits per heavy atom. The molecule has 1 aromatic carbocycles. The van der Waals surface area contributed by atoms with Crippen LogP contribution in [0.5, 0.6) is 0 Å². The van der Waals surface area contributed by atoms with E-state index in [2.05, 4.69) is 4.74 Å². The lowest BCUT2D eigenvalue weighted by Gasteiger charge is -2.12. The SMILES string of the molecule is COCc1c(F)c(F)c(COC(=O)C2C(C(=O)O)C2(C)C)c(F)c1F. The van der Waals surface area contributed by atoms with Crippen molar-refractivity contribution in [2.45, 2.75) is 27.1 Å². The van der Waals surface area contributed by atoms with Crippen molar-refractivity contribution in [3.63, 3.8) is 0 Å². The number of rotatable bonds is 6. The standard InChI is InChI=1S/C16H16F4O5/c1-16(2)8(14(21)22)9(16)15(23)25-5-7-12(19)10(17)6(4-24-3)11(18)13(7)20/h8-9H,4-5H2,1-3H3,(H,21,22). The number of benzene rings is 1. The summed E-state index contributed by atoms with van der Waals surface area (Å²) in [5.74, 6) is -10.9. The highest BCUT2D eigenvalue weighted by Gasteiger charge is 2.66. The molecular formula is C16H16F4O5. The molecule has 0 aliphatic heterocycles. The summed E-state index contributed by atoms with van der Waals surface area (Å²) in [6.45, 7) is 1.31. The van der Waals surface area contributed by atoms with E-state index < -0.39 is 76.8 Å². The maximum Gasteiger partial charge on any atom is 0.310 e. The van der Waals surface area contributed by atoms with Crippen LogP contribution < -0.4 is 0 Å². The minimum absolute atomic E-state index is 0.678. The van der Waals surface area contributed by atoms with E-state index in [-0.39, 0.29) is 0 Å². The van der Waals surface area contributed by atoms with Gasteiger partial charge >= 0.3 is 11.9 Å². The number of carboxylic acid groups (broad SMARTS) is 1. The molecule has 0 aromatic heterocycles. The second kappa shape index (κ2) is 6.62. The number of carbonyl (C=O) groups is 2. The van der Waals surface area contributed by atoms with Crippen LogP contribution in [-0.4, -0.2) is 24.2 Å². The maximum absolute atomic E-state index is 13.9. The molecule has 1 aliphatic rings. The average Bonchev–Trinajstić information content (AvgIpc) is 3.12. The van der Waals surface area contributed by atoms with Gasteiger partial charge in [-0.2, -0.15) is 0 Å². The van der Waals surface area contributed by atoms with Crippen LogP contribution in [0.15, 0.2) is 0 Å². The summed E-state index contributed by atoms with van der Waals surface area (Å²) in [5.41, 5.74) is -2.88. The number of carboxylic acids is 1. The van der Waals surface area contributed by atoms with Gasteiger partial charge in [0.25, 0.3) is 0 Å². The molecule has 0 saturated heterocycles. The molecule has 0 spiro atoms. The van der Waals surface area contributed by atoms with Crippen molar-refractivity contribution < 1.29 is 41.7 Å². The van der Waals surface area contributed by atoms with Crippen molar-refractivity contribution in [1.29, 1.82) is 0 Å². The summed E-state index contributed by atoms with van der Waals surface area (Å²) in [4.78, 5) is 23.0. The molecule has 1 aromatic rings. The van der Waals surface area contributed by atoms with Crippen molar-refractivity contribution in [2.24, 2.45) is 17.3 Å². The number of halogens is 4. The zero-order valence-electron chi connectivity index (χ0n) is 13.7. The van der Waals surface area contributed by atoms with Crippen molar-refractivity contribution in [3.05, 3.63) is 34.4 Å². The van der Waals surface area contributed by atoms with Gasteiger partial charge in [0.05, 0.1) is 29.6 Å². The molecule has 138 valence electrons. The van der Waals surface area contributed by atoms with Gasteiger partial charge in [-0.15, -0.1) is 0 Å². The van der Waals surface area contributed by atoms with Crippen LogP contribution in [0.25, 0.3) is 0 Å². The zero-order valence-corrected chi connectivity index (χ0v) is 13.7. The van der Waals surface area contributed by atoms with Gasteiger partial charge in [-0.05, 0) is 5.41 Å². The second-order valence-corrected chi connectivity index (χ2v) is 6.37. The summed E-state index contributed by atoms with van der Waals surface area (Å²) in [7, 11) is 1.10. The third-order valence-electron chi connectivity index (χ3n) is 4.44. The topological polar surface area (TPSA) is 72.8 Å². The van der Waals surface area contributed by atoms with Gasteiger partial charge in [0, 0.05) is 7.11 Å². The van der Waals surface area contributed by atoms with E-state index in [4.69, 9.17) is 9.84 Å². The Balaban J connectivity index is 2.19. The van der Waals surface area contributed by atoms with Gasteiger partial charge in [0.2, 0.25) is 0 Å². The summed E-state index contributed by atoms with van der Waals surface area (Å²) in [5, 5.41) is 9.00. The van der Waals surface area contributed by atoms with Crippen molar-refractivity contribution >= 4 is 11.9 Å².